The standard InChI is InChI=1S/C53H71N9O8/c1-13-61-41-19-18-34-26-37(41)38(47(61)36-16-14-23-54-45(36)33(4)68-12)28-52(5,6)31-69-51(67)39-17-15-24-62(57-39)50(66)40(27-43-55-29-42(34)70-43)56-48(64)46(32(2)3)59(11)49(65)35-21-25-60(30-35)44(63)20-22-53(7,8)58(9)10/h14,16,18-19,23,26,29,32-33,35,39-40,46,57H,13,15,17,21,24-25,27-28,30-31H2,1-12H3,(H,56,64)/t33-,35-,39-,40-,46?/m0/s1. The molecule has 17 nitrogen and oxygen atoms in total. The molecule has 2 fully saturated rings. The van der Waals surface area contributed by atoms with E-state index in [9.17, 15) is 24.0 Å². The van der Waals surface area contributed by atoms with Gasteiger partial charge in [0.2, 0.25) is 11.8 Å². The summed E-state index contributed by atoms with van der Waals surface area (Å²) in [6, 6.07) is 7.17. The Morgan fingerprint density at radius 1 is 1.07 bits per heavy atom. The van der Waals surface area contributed by atoms with Gasteiger partial charge in [0.25, 0.3) is 11.8 Å². The molecular weight excluding hydrogens is 891 g/mol. The number of esters is 1. The third-order valence-electron chi connectivity index (χ3n) is 14.2. The van der Waals surface area contributed by atoms with Crippen LogP contribution in [0.3, 0.4) is 0 Å². The maximum Gasteiger partial charge on any atom is 0.324 e. The lowest BCUT2D eigenvalue weighted by Crippen LogP contribution is -2.62. The van der Waals surface area contributed by atoms with Gasteiger partial charge in [-0.1, -0.05) is 33.6 Å². The number of rotatable bonds is 10. The number of cyclic esters (lactones) is 1. The number of fused-ring (bicyclic) bond motifs is 6. The summed E-state index contributed by atoms with van der Waals surface area (Å²) in [5, 5.41) is 5.33. The maximum atomic E-state index is 14.7. The average molecular weight is 962 g/mol. The van der Waals surface area contributed by atoms with E-state index in [1.54, 1.807) is 31.5 Å². The van der Waals surface area contributed by atoms with Crippen molar-refractivity contribution in [2.75, 3.05) is 54.5 Å². The topological polar surface area (TPSA) is 185 Å². The van der Waals surface area contributed by atoms with Crippen LogP contribution in [0.1, 0.15) is 97.9 Å². The largest absolute Gasteiger partial charge is 0.464 e. The predicted octanol–water partition coefficient (Wildman–Crippen LogP) is 5.41. The molecule has 5 atom stereocenters. The zero-order valence-corrected chi connectivity index (χ0v) is 43.0. The van der Waals surface area contributed by atoms with Crippen molar-refractivity contribution in [3.63, 3.8) is 0 Å². The Labute approximate surface area is 412 Å². The fraction of sp³-hybridized carbons (Fsp3) is 0.566. The van der Waals surface area contributed by atoms with Gasteiger partial charge in [-0.05, 0) is 115 Å². The molecule has 3 aliphatic rings. The Balaban J connectivity index is 1.21. The summed E-state index contributed by atoms with van der Waals surface area (Å²) in [5.41, 5.74) is 7.66. The molecular formula is C53H71N9O8. The molecule has 3 aliphatic heterocycles. The van der Waals surface area contributed by atoms with Gasteiger partial charge in [0.05, 0.1) is 48.2 Å². The first-order chi connectivity index (χ1) is 33.1. The molecule has 0 aliphatic carbocycles. The van der Waals surface area contributed by atoms with Crippen molar-refractivity contribution in [3.05, 3.63) is 59.9 Å². The van der Waals surface area contributed by atoms with Crippen LogP contribution in [-0.4, -0.2) is 142 Å². The molecule has 1 aromatic carbocycles. The minimum atomic E-state index is -1.20. The molecule has 3 aromatic heterocycles. The van der Waals surface area contributed by atoms with Crippen LogP contribution in [0.5, 0.6) is 0 Å². The molecule has 4 amide bonds. The van der Waals surface area contributed by atoms with E-state index in [1.807, 2.05) is 65.7 Å². The highest BCUT2D eigenvalue weighted by atomic mass is 16.5. The second-order valence-corrected chi connectivity index (χ2v) is 20.8. The van der Waals surface area contributed by atoms with Crippen LogP contribution in [0.4, 0.5) is 0 Å². The number of aromatic nitrogens is 3. The zero-order valence-electron chi connectivity index (χ0n) is 43.0. The molecule has 0 radical (unpaired) electrons. The minimum Gasteiger partial charge on any atom is -0.464 e. The fourth-order valence-corrected chi connectivity index (χ4v) is 9.71. The van der Waals surface area contributed by atoms with Crippen LogP contribution in [-0.2, 0) is 52.8 Å². The lowest BCUT2D eigenvalue weighted by molar-refractivity contribution is -0.155. The van der Waals surface area contributed by atoms with E-state index in [2.05, 4.69) is 71.1 Å². The zero-order chi connectivity index (χ0) is 50.8. The Hall–Kier alpha value is -6.09. The number of amides is 4. The number of aryl methyl sites for hydroxylation is 1. The number of likely N-dealkylation sites (tertiary alicyclic amines) is 1. The van der Waals surface area contributed by atoms with Gasteiger partial charge in [-0.25, -0.2) is 10.4 Å². The highest BCUT2D eigenvalue weighted by Crippen LogP contribution is 2.42. The van der Waals surface area contributed by atoms with Crippen LogP contribution >= 0.6 is 0 Å². The molecule has 6 heterocycles. The van der Waals surface area contributed by atoms with Crippen molar-refractivity contribution in [2.45, 2.75) is 124 Å². The summed E-state index contributed by atoms with van der Waals surface area (Å²) in [6.07, 6.45) is 4.92. The molecule has 2 N–H and O–H groups in total. The van der Waals surface area contributed by atoms with Gasteiger partial charge in [0.1, 0.15) is 18.1 Å². The third kappa shape index (κ3) is 10.9. The van der Waals surface area contributed by atoms with Crippen molar-refractivity contribution >= 4 is 40.5 Å². The van der Waals surface area contributed by atoms with Crippen LogP contribution < -0.4 is 10.7 Å². The lowest BCUT2D eigenvalue weighted by Gasteiger charge is -2.36. The van der Waals surface area contributed by atoms with E-state index < -0.39 is 52.8 Å². The summed E-state index contributed by atoms with van der Waals surface area (Å²) in [5.74, 6) is 3.43. The molecule has 376 valence electrons. The summed E-state index contributed by atoms with van der Waals surface area (Å²) in [7, 11) is 7.05. The van der Waals surface area contributed by atoms with E-state index in [-0.39, 0.29) is 55.8 Å². The smallest absolute Gasteiger partial charge is 0.324 e. The number of methoxy groups -OCH3 is 1. The molecule has 1 unspecified atom stereocenters. The third-order valence-corrected chi connectivity index (χ3v) is 14.2. The summed E-state index contributed by atoms with van der Waals surface area (Å²) in [6.45, 7) is 17.4. The van der Waals surface area contributed by atoms with Crippen molar-refractivity contribution in [2.24, 2.45) is 17.3 Å². The van der Waals surface area contributed by atoms with E-state index in [1.165, 1.54) is 9.91 Å². The second kappa shape index (κ2) is 21.1. The molecule has 6 bridgehead atoms. The van der Waals surface area contributed by atoms with Crippen molar-refractivity contribution in [3.8, 4) is 34.4 Å². The molecule has 0 spiro atoms. The Bertz CT molecular complexity index is 2670. The highest BCUT2D eigenvalue weighted by Gasteiger charge is 2.41. The van der Waals surface area contributed by atoms with E-state index in [0.29, 0.717) is 44.5 Å². The highest BCUT2D eigenvalue weighted by molar-refractivity contribution is 5.97. The number of pyridine rings is 1. The summed E-state index contributed by atoms with van der Waals surface area (Å²) >= 11 is 0. The molecule has 4 aromatic rings. The number of likely N-dealkylation sites (N-methyl/N-ethyl adjacent to an activating group) is 1. The normalized spacial score (nSPS) is 20.7. The number of nitrogens with zero attached hydrogens (tertiary/aromatic N) is 7. The van der Waals surface area contributed by atoms with Gasteiger partial charge in [0.15, 0.2) is 11.7 Å². The lowest BCUT2D eigenvalue weighted by atomic mass is 9.84. The number of nitrogens with one attached hydrogen (secondary N) is 2. The maximum absolute atomic E-state index is 14.7. The van der Waals surface area contributed by atoms with Crippen LogP contribution in [0.2, 0.25) is 0 Å². The van der Waals surface area contributed by atoms with Crippen molar-refractivity contribution in [1.82, 2.24) is 45.0 Å². The van der Waals surface area contributed by atoms with Crippen LogP contribution in [0.25, 0.3) is 33.5 Å². The molecule has 2 saturated heterocycles. The second-order valence-electron chi connectivity index (χ2n) is 20.8. The molecule has 7 rings (SSSR count). The SMILES string of the molecule is CCn1c(-c2cccnc2[C@H](C)OC)c2c3cc(ccc31)-c1cnc(o1)C[C@H](NC(=O)C(C(C)C)N(C)C(=O)[C@H]1CCN(C(=O)C#CC(C)(C)N(C)C)C1)C(=O)N1CCC[C@H](N1)C(=O)OCC(C)(C)C2. The number of hydrazine groups is 1. The van der Waals surface area contributed by atoms with E-state index in [0.717, 1.165) is 39.0 Å². The number of hydrogen-bond donors (Lipinski definition) is 2. The monoisotopic (exact) mass is 962 g/mol. The summed E-state index contributed by atoms with van der Waals surface area (Å²) < 4.78 is 20.7. The summed E-state index contributed by atoms with van der Waals surface area (Å²) in [4.78, 5) is 84.7. The minimum absolute atomic E-state index is 0.107. The first-order valence-electron chi connectivity index (χ1n) is 24.5. The number of hydrogen-bond acceptors (Lipinski definition) is 12. The Morgan fingerprint density at radius 3 is 2.53 bits per heavy atom. The number of oxazole rings is 1. The quantitative estimate of drug-likeness (QED) is 0.153. The van der Waals surface area contributed by atoms with Gasteiger partial charge in [-0.15, -0.1) is 0 Å². The first-order valence-corrected chi connectivity index (χ1v) is 24.5. The fourth-order valence-electron chi connectivity index (χ4n) is 9.71. The number of benzene rings is 1. The van der Waals surface area contributed by atoms with Crippen LogP contribution in [0, 0.1) is 29.1 Å². The van der Waals surface area contributed by atoms with E-state index in [4.69, 9.17) is 18.9 Å². The molecule has 0 saturated carbocycles. The van der Waals surface area contributed by atoms with Crippen molar-refractivity contribution < 1.29 is 37.9 Å². The predicted molar refractivity (Wildman–Crippen MR) is 265 cm³/mol. The number of carbonyl (C=O) groups excluding carboxylic acids is 5. The average Bonchev–Trinajstić information content (AvgIpc) is 4.09. The Kier molecular flexibility index (Phi) is 15.6. The molecule has 17 heteroatoms. The van der Waals surface area contributed by atoms with Crippen LogP contribution in [0.15, 0.2) is 47.1 Å². The van der Waals surface area contributed by atoms with Gasteiger partial charge in [-0.3, -0.25) is 38.9 Å². The number of carbonyl (C=O) groups is 5. The molecule has 70 heavy (non-hydrogen) atoms. The first kappa shape index (κ1) is 51.8. The van der Waals surface area contributed by atoms with Gasteiger partial charge < -0.3 is 33.6 Å². The van der Waals surface area contributed by atoms with Gasteiger partial charge in [-0.2, -0.15) is 0 Å². The van der Waals surface area contributed by atoms with Crippen molar-refractivity contribution in [1.29, 1.82) is 0 Å². The number of ether oxygens (including phenoxy) is 2. The van der Waals surface area contributed by atoms with Gasteiger partial charge in [0, 0.05) is 74.0 Å². The Morgan fingerprint density at radius 2 is 1.83 bits per heavy atom. The van der Waals surface area contributed by atoms with Gasteiger partial charge >= 0.3 is 5.97 Å². The van der Waals surface area contributed by atoms with E-state index >= 15 is 0 Å².